The number of aliphatic hydroxyl groups is 1. The molecule has 0 radical (unpaired) electrons. The fourth-order valence-electron chi connectivity index (χ4n) is 6.38. The maximum atomic E-state index is 13.4. The molecule has 1 aliphatic carbocycles. The molecule has 2 aromatic rings. The van der Waals surface area contributed by atoms with Crippen LogP contribution in [0.25, 0.3) is 10.9 Å². The van der Waals surface area contributed by atoms with Gasteiger partial charge in [-0.25, -0.2) is 0 Å². The molecule has 4 aliphatic rings. The van der Waals surface area contributed by atoms with Gasteiger partial charge in [-0.15, -0.1) is 0 Å². The average molecular weight is 384 g/mol. The molecule has 5 unspecified atom stereocenters. The van der Waals surface area contributed by atoms with E-state index in [2.05, 4.69) is 16.0 Å². The summed E-state index contributed by atoms with van der Waals surface area (Å²) in [4.78, 5) is 19.4. The van der Waals surface area contributed by atoms with Crippen molar-refractivity contribution >= 4 is 16.9 Å². The van der Waals surface area contributed by atoms with Crippen LogP contribution in [0.2, 0.25) is 0 Å². The number of benzene rings is 1. The van der Waals surface area contributed by atoms with Crippen molar-refractivity contribution in [2.75, 3.05) is 27.3 Å². The van der Waals surface area contributed by atoms with E-state index in [-0.39, 0.29) is 17.9 Å². The number of nitrogens with zero attached hydrogens (tertiary/aromatic N) is 1. The summed E-state index contributed by atoms with van der Waals surface area (Å²) in [6.45, 7) is 3.75. The van der Waals surface area contributed by atoms with Gasteiger partial charge in [-0.1, -0.05) is 0 Å². The summed E-state index contributed by atoms with van der Waals surface area (Å²) in [5, 5.41) is 11.7. The number of rotatable bonds is 3. The van der Waals surface area contributed by atoms with Gasteiger partial charge < -0.3 is 19.6 Å². The van der Waals surface area contributed by atoms with E-state index in [0.29, 0.717) is 5.92 Å². The first-order valence-electron chi connectivity index (χ1n) is 10.2. The lowest BCUT2D eigenvalue weighted by Gasteiger charge is -2.58. The van der Waals surface area contributed by atoms with Gasteiger partial charge in [0.15, 0.2) is 0 Å². The smallest absolute Gasteiger partial charge is 0.319 e. The zero-order chi connectivity index (χ0) is 19.6. The maximum Gasteiger partial charge on any atom is 0.319 e. The molecule has 3 aliphatic heterocycles. The van der Waals surface area contributed by atoms with Crippen molar-refractivity contribution in [3.63, 3.8) is 0 Å². The van der Waals surface area contributed by atoms with Crippen molar-refractivity contribution in [1.29, 1.82) is 0 Å². The standard InChI is InChI=1S/C22H28N2O4/c1-12(25)16-8-13-10-22(21(26)28-3)19-15(6-7-24(11-13)20(16)22)17-9-14(27-2)4-5-18(17)23-19/h4-5,9,12-13,16,20,23,25H,6-8,10-11H2,1-3H3/t12?,13-,16?,20?,22?/m0/s1. The summed E-state index contributed by atoms with van der Waals surface area (Å²) < 4.78 is 10.9. The Labute approximate surface area is 164 Å². The minimum atomic E-state index is -0.754. The first kappa shape index (κ1) is 18.0. The summed E-state index contributed by atoms with van der Waals surface area (Å²) >= 11 is 0. The van der Waals surface area contributed by atoms with Crippen molar-refractivity contribution in [2.24, 2.45) is 11.8 Å². The molecule has 1 aromatic heterocycles. The summed E-state index contributed by atoms with van der Waals surface area (Å²) in [5.74, 6) is 1.09. The Morgan fingerprint density at radius 2 is 2.21 bits per heavy atom. The summed E-state index contributed by atoms with van der Waals surface area (Å²) in [7, 11) is 3.16. The van der Waals surface area contributed by atoms with Gasteiger partial charge in [0.05, 0.1) is 20.3 Å². The lowest BCUT2D eigenvalue weighted by molar-refractivity contribution is -0.166. The molecule has 2 N–H and O–H groups in total. The Morgan fingerprint density at radius 1 is 1.39 bits per heavy atom. The first-order valence-corrected chi connectivity index (χ1v) is 10.2. The van der Waals surface area contributed by atoms with E-state index in [1.54, 1.807) is 7.11 Å². The summed E-state index contributed by atoms with van der Waals surface area (Å²) in [5.41, 5.74) is 2.46. The molecular weight excluding hydrogens is 356 g/mol. The highest BCUT2D eigenvalue weighted by Crippen LogP contribution is 2.55. The molecule has 0 amide bonds. The SMILES string of the molecule is COC(=O)C12C[C@@H]3CC(C(C)O)C1N(CCc1c2[nH]c2ccc(OC)cc12)C3. The monoisotopic (exact) mass is 384 g/mol. The number of hydrogen-bond donors (Lipinski definition) is 2. The number of aromatic amines is 1. The molecule has 2 saturated heterocycles. The predicted octanol–water partition coefficient (Wildman–Crippen LogP) is 2.23. The van der Waals surface area contributed by atoms with Gasteiger partial charge in [-0.05, 0) is 55.9 Å². The Morgan fingerprint density at radius 3 is 2.93 bits per heavy atom. The molecule has 6 atom stereocenters. The first-order chi connectivity index (χ1) is 13.5. The molecule has 28 heavy (non-hydrogen) atoms. The number of methoxy groups -OCH3 is 2. The molecule has 0 spiro atoms. The number of piperidine rings is 2. The Balaban J connectivity index is 1.78. The molecule has 3 fully saturated rings. The van der Waals surface area contributed by atoms with Gasteiger partial charge in [0.2, 0.25) is 0 Å². The van der Waals surface area contributed by atoms with Crippen LogP contribution in [-0.4, -0.2) is 60.4 Å². The zero-order valence-corrected chi connectivity index (χ0v) is 16.7. The van der Waals surface area contributed by atoms with Crippen LogP contribution in [0.4, 0.5) is 0 Å². The van der Waals surface area contributed by atoms with E-state index >= 15 is 0 Å². The van der Waals surface area contributed by atoms with Gasteiger partial charge in [0.1, 0.15) is 11.2 Å². The lowest BCUT2D eigenvalue weighted by Crippen LogP contribution is -2.68. The van der Waals surface area contributed by atoms with Crippen LogP contribution in [0.5, 0.6) is 5.75 Å². The number of hydrogen-bond acceptors (Lipinski definition) is 5. The second kappa shape index (κ2) is 6.22. The van der Waals surface area contributed by atoms with E-state index in [1.807, 2.05) is 19.1 Å². The molecular formula is C22H28N2O4. The van der Waals surface area contributed by atoms with Gasteiger partial charge in [0, 0.05) is 41.6 Å². The van der Waals surface area contributed by atoms with Gasteiger partial charge in [-0.2, -0.15) is 0 Å². The number of carbonyl (C=O) groups excluding carboxylic acids is 1. The number of carbonyl (C=O) groups is 1. The third-order valence-electron chi connectivity index (χ3n) is 7.39. The van der Waals surface area contributed by atoms with Gasteiger partial charge in [-0.3, -0.25) is 9.69 Å². The van der Waals surface area contributed by atoms with Gasteiger partial charge >= 0.3 is 5.97 Å². The molecule has 4 heterocycles. The molecule has 150 valence electrons. The predicted molar refractivity (Wildman–Crippen MR) is 106 cm³/mol. The van der Waals surface area contributed by atoms with Crippen molar-refractivity contribution < 1.29 is 19.4 Å². The second-order valence-corrected chi connectivity index (χ2v) is 8.75. The third kappa shape index (κ3) is 2.25. The number of aliphatic hydroxyl groups excluding tert-OH is 1. The van der Waals surface area contributed by atoms with Crippen LogP contribution in [0.1, 0.15) is 31.0 Å². The van der Waals surface area contributed by atoms with Gasteiger partial charge in [0.25, 0.3) is 0 Å². The Hall–Kier alpha value is -2.05. The number of aromatic nitrogens is 1. The van der Waals surface area contributed by atoms with E-state index in [4.69, 9.17) is 9.47 Å². The van der Waals surface area contributed by atoms with E-state index < -0.39 is 11.5 Å². The highest BCUT2D eigenvalue weighted by molar-refractivity contribution is 5.92. The molecule has 6 nitrogen and oxygen atoms in total. The number of esters is 1. The minimum absolute atomic E-state index is 0.0406. The third-order valence-corrected chi connectivity index (χ3v) is 7.39. The number of H-pyrrole nitrogens is 1. The van der Waals surface area contributed by atoms with Crippen molar-refractivity contribution in [3.8, 4) is 5.75 Å². The highest BCUT2D eigenvalue weighted by atomic mass is 16.5. The van der Waals surface area contributed by atoms with Crippen molar-refractivity contribution in [3.05, 3.63) is 29.5 Å². The van der Waals surface area contributed by atoms with Crippen LogP contribution in [0.3, 0.4) is 0 Å². The van der Waals surface area contributed by atoms with Crippen LogP contribution >= 0.6 is 0 Å². The van der Waals surface area contributed by atoms with Crippen LogP contribution in [-0.2, 0) is 21.4 Å². The van der Waals surface area contributed by atoms with E-state index in [1.165, 1.54) is 12.7 Å². The number of ether oxygens (including phenoxy) is 2. The van der Waals surface area contributed by atoms with Crippen LogP contribution < -0.4 is 4.74 Å². The average Bonchev–Trinajstić information content (AvgIpc) is 3.04. The van der Waals surface area contributed by atoms with Crippen molar-refractivity contribution in [1.82, 2.24) is 9.88 Å². The fourth-order valence-corrected chi connectivity index (χ4v) is 6.38. The second-order valence-electron chi connectivity index (χ2n) is 8.75. The molecule has 4 bridgehead atoms. The molecule has 1 aromatic carbocycles. The largest absolute Gasteiger partial charge is 0.497 e. The highest BCUT2D eigenvalue weighted by Gasteiger charge is 2.63. The normalized spacial score (nSPS) is 34.6. The fraction of sp³-hybridized carbons (Fsp3) is 0.591. The van der Waals surface area contributed by atoms with Crippen LogP contribution in [0.15, 0.2) is 18.2 Å². The topological polar surface area (TPSA) is 74.8 Å². The zero-order valence-electron chi connectivity index (χ0n) is 16.7. The number of nitrogens with one attached hydrogen (secondary N) is 1. The molecule has 6 heteroatoms. The Kier molecular flexibility index (Phi) is 4.00. The summed E-state index contributed by atoms with van der Waals surface area (Å²) in [6.07, 6.45) is 2.17. The maximum absolute atomic E-state index is 13.4. The summed E-state index contributed by atoms with van der Waals surface area (Å²) in [6, 6.07) is 5.99. The van der Waals surface area contributed by atoms with E-state index in [9.17, 15) is 9.90 Å². The quantitative estimate of drug-likeness (QED) is 0.794. The lowest BCUT2D eigenvalue weighted by atomic mass is 9.56. The molecule has 1 saturated carbocycles. The van der Waals surface area contributed by atoms with Crippen molar-refractivity contribution in [2.45, 2.75) is 43.7 Å². The minimum Gasteiger partial charge on any atom is -0.497 e. The number of fused-ring (bicyclic) bond motifs is 4. The van der Waals surface area contributed by atoms with E-state index in [0.717, 1.165) is 54.7 Å². The molecule has 6 rings (SSSR count). The van der Waals surface area contributed by atoms with Crippen LogP contribution in [0, 0.1) is 11.8 Å². The Bertz CT molecular complexity index is 936.